The van der Waals surface area contributed by atoms with Crippen LogP contribution in [0.4, 0.5) is 5.82 Å². The lowest BCUT2D eigenvalue weighted by Gasteiger charge is -2.08. The first kappa shape index (κ1) is 13.2. The lowest BCUT2D eigenvalue weighted by molar-refractivity contribution is 0.142. The topological polar surface area (TPSA) is 92.0 Å². The molecule has 0 aliphatic rings. The maximum atomic E-state index is 11.4. The Morgan fingerprint density at radius 1 is 1.14 bits per heavy atom. The van der Waals surface area contributed by atoms with Gasteiger partial charge in [0.05, 0.1) is 10.9 Å². The van der Waals surface area contributed by atoms with Gasteiger partial charge in [-0.15, -0.1) is 0 Å². The van der Waals surface area contributed by atoms with Crippen molar-refractivity contribution in [2.24, 2.45) is 0 Å². The van der Waals surface area contributed by atoms with Gasteiger partial charge in [0.1, 0.15) is 24.8 Å². The molecule has 7 nitrogen and oxygen atoms in total. The van der Waals surface area contributed by atoms with Crippen molar-refractivity contribution in [1.29, 1.82) is 0 Å². The Labute approximate surface area is 119 Å². The Hall–Kier alpha value is -2.80. The third-order valence-corrected chi connectivity index (χ3v) is 2.84. The van der Waals surface area contributed by atoms with Crippen LogP contribution >= 0.6 is 0 Å². The summed E-state index contributed by atoms with van der Waals surface area (Å²) in [5.41, 5.74) is 3.29. The molecule has 0 radical (unpaired) electrons. The fourth-order valence-corrected chi connectivity index (χ4v) is 1.86. The van der Waals surface area contributed by atoms with E-state index in [9.17, 15) is 4.79 Å². The van der Waals surface area contributed by atoms with Gasteiger partial charge in [0.15, 0.2) is 0 Å². The maximum absolute atomic E-state index is 11.4. The fourth-order valence-electron chi connectivity index (χ4n) is 1.86. The third-order valence-electron chi connectivity index (χ3n) is 2.84. The molecule has 0 aliphatic carbocycles. The lowest BCUT2D eigenvalue weighted by atomic mass is 10.2. The zero-order valence-electron chi connectivity index (χ0n) is 11.1. The molecule has 0 aliphatic heterocycles. The summed E-state index contributed by atoms with van der Waals surface area (Å²) in [6.07, 6.45) is 1.68. The molecule has 108 valence electrons. The van der Waals surface area contributed by atoms with Crippen molar-refractivity contribution in [3.8, 4) is 5.75 Å². The monoisotopic (exact) mass is 286 g/mol. The fraction of sp³-hybridized carbons (Fsp3) is 0.143. The molecule has 2 aromatic heterocycles. The molecular formula is C14H14N4O3. The van der Waals surface area contributed by atoms with Crippen molar-refractivity contribution in [2.75, 3.05) is 18.7 Å². The summed E-state index contributed by atoms with van der Waals surface area (Å²) in [6, 6.07) is 10.7. The molecule has 3 rings (SSSR count). The van der Waals surface area contributed by atoms with Crippen molar-refractivity contribution >= 4 is 16.7 Å². The Morgan fingerprint density at radius 3 is 2.95 bits per heavy atom. The molecule has 0 amide bonds. The number of hydrogen-bond acceptors (Lipinski definition) is 5. The summed E-state index contributed by atoms with van der Waals surface area (Å²) in [6.45, 7) is 0.734. The number of aromatic amines is 2. The Balaban J connectivity index is 1.47. The molecule has 21 heavy (non-hydrogen) atoms. The normalized spacial score (nSPS) is 10.7. The molecule has 7 heteroatoms. The van der Waals surface area contributed by atoms with Gasteiger partial charge in [-0.1, -0.05) is 6.07 Å². The van der Waals surface area contributed by atoms with Gasteiger partial charge in [0.25, 0.3) is 5.56 Å². The molecule has 0 atom stereocenters. The van der Waals surface area contributed by atoms with Crippen LogP contribution in [0.2, 0.25) is 0 Å². The van der Waals surface area contributed by atoms with Crippen LogP contribution in [0.25, 0.3) is 10.9 Å². The number of rotatable bonds is 6. The second-order valence-corrected chi connectivity index (χ2v) is 4.30. The first-order valence-electron chi connectivity index (χ1n) is 6.45. The molecule has 0 saturated carbocycles. The predicted molar refractivity (Wildman–Crippen MR) is 78.2 cm³/mol. The van der Waals surface area contributed by atoms with E-state index in [2.05, 4.69) is 20.7 Å². The van der Waals surface area contributed by atoms with Gasteiger partial charge in [0.2, 0.25) is 0 Å². The lowest BCUT2D eigenvalue weighted by Crippen LogP contribution is -2.11. The van der Waals surface area contributed by atoms with E-state index in [-0.39, 0.29) is 5.56 Å². The highest BCUT2D eigenvalue weighted by atomic mass is 16.7. The molecule has 2 heterocycles. The maximum Gasteiger partial charge on any atom is 0.271 e. The summed E-state index contributed by atoms with van der Waals surface area (Å²) < 4.78 is 5.54. The number of anilines is 1. The molecular weight excluding hydrogens is 272 g/mol. The minimum absolute atomic E-state index is 0.139. The SMILES string of the molecule is O=c1[nH][nH]c2cc(OCCONc3ccccn3)ccc12. The van der Waals surface area contributed by atoms with Crippen LogP contribution in [-0.4, -0.2) is 28.4 Å². The van der Waals surface area contributed by atoms with Gasteiger partial charge < -0.3 is 4.74 Å². The highest BCUT2D eigenvalue weighted by molar-refractivity contribution is 5.79. The second-order valence-electron chi connectivity index (χ2n) is 4.30. The Kier molecular flexibility index (Phi) is 3.83. The summed E-state index contributed by atoms with van der Waals surface area (Å²) >= 11 is 0. The van der Waals surface area contributed by atoms with Crippen molar-refractivity contribution in [2.45, 2.75) is 0 Å². The Bertz CT molecular complexity index is 766. The van der Waals surface area contributed by atoms with E-state index in [4.69, 9.17) is 9.57 Å². The quantitative estimate of drug-likeness (QED) is 0.473. The van der Waals surface area contributed by atoms with Crippen molar-refractivity contribution in [3.63, 3.8) is 0 Å². The van der Waals surface area contributed by atoms with Crippen LogP contribution in [0.5, 0.6) is 5.75 Å². The van der Waals surface area contributed by atoms with Gasteiger partial charge in [-0.05, 0) is 24.3 Å². The van der Waals surface area contributed by atoms with E-state index in [0.717, 1.165) is 0 Å². The van der Waals surface area contributed by atoms with Crippen LogP contribution in [0.15, 0.2) is 47.4 Å². The van der Waals surface area contributed by atoms with E-state index in [1.807, 2.05) is 12.1 Å². The molecule has 1 aromatic carbocycles. The number of ether oxygens (including phenoxy) is 1. The number of H-pyrrole nitrogens is 2. The number of pyridine rings is 1. The summed E-state index contributed by atoms with van der Waals surface area (Å²) in [7, 11) is 0. The van der Waals surface area contributed by atoms with Crippen LogP contribution in [0, 0.1) is 0 Å². The zero-order valence-corrected chi connectivity index (χ0v) is 11.1. The third kappa shape index (κ3) is 3.21. The van der Waals surface area contributed by atoms with E-state index >= 15 is 0 Å². The van der Waals surface area contributed by atoms with Gasteiger partial charge >= 0.3 is 0 Å². The van der Waals surface area contributed by atoms with Crippen LogP contribution in [0.1, 0.15) is 0 Å². The van der Waals surface area contributed by atoms with Gasteiger partial charge in [-0.2, -0.15) is 0 Å². The molecule has 3 N–H and O–H groups in total. The molecule has 0 unspecified atom stereocenters. The minimum atomic E-state index is -0.139. The highest BCUT2D eigenvalue weighted by Gasteiger charge is 2.02. The van der Waals surface area contributed by atoms with E-state index in [1.165, 1.54) is 0 Å². The molecule has 0 saturated heterocycles. The molecule has 0 spiro atoms. The van der Waals surface area contributed by atoms with Crippen LogP contribution in [-0.2, 0) is 4.84 Å². The molecule has 0 bridgehead atoms. The van der Waals surface area contributed by atoms with E-state index in [0.29, 0.717) is 35.7 Å². The van der Waals surface area contributed by atoms with Crippen LogP contribution < -0.4 is 15.8 Å². The van der Waals surface area contributed by atoms with Gasteiger partial charge in [-0.25, -0.2) is 10.5 Å². The van der Waals surface area contributed by atoms with E-state index < -0.39 is 0 Å². The van der Waals surface area contributed by atoms with Crippen molar-refractivity contribution < 1.29 is 9.57 Å². The molecule has 0 fully saturated rings. The molecule has 3 aromatic rings. The smallest absolute Gasteiger partial charge is 0.271 e. The number of nitrogens with one attached hydrogen (secondary N) is 3. The average molecular weight is 286 g/mol. The minimum Gasteiger partial charge on any atom is -0.491 e. The summed E-state index contributed by atoms with van der Waals surface area (Å²) in [5, 5.41) is 5.91. The number of benzene rings is 1. The Morgan fingerprint density at radius 2 is 2.10 bits per heavy atom. The average Bonchev–Trinajstić information content (AvgIpc) is 2.89. The van der Waals surface area contributed by atoms with Gasteiger partial charge in [0, 0.05) is 12.3 Å². The number of nitrogens with zero attached hydrogens (tertiary/aromatic N) is 1. The number of fused-ring (bicyclic) bond motifs is 1. The predicted octanol–water partition coefficient (Wildman–Crippen LogP) is 1.67. The van der Waals surface area contributed by atoms with Crippen LogP contribution in [0.3, 0.4) is 0 Å². The van der Waals surface area contributed by atoms with Crippen molar-refractivity contribution in [3.05, 3.63) is 52.9 Å². The summed E-state index contributed by atoms with van der Waals surface area (Å²) in [4.78, 5) is 20.7. The number of aromatic nitrogens is 3. The first-order valence-corrected chi connectivity index (χ1v) is 6.45. The standard InChI is InChI=1S/C14H14N4O3/c19-14-11-5-4-10(9-12(11)16-17-14)20-7-8-21-18-13-3-1-2-6-15-13/h1-6,9H,7-8H2,(H,15,18)(H2,16,17,19). The largest absolute Gasteiger partial charge is 0.491 e. The zero-order chi connectivity index (χ0) is 14.5. The van der Waals surface area contributed by atoms with E-state index in [1.54, 1.807) is 30.5 Å². The first-order chi connectivity index (χ1) is 10.3. The van der Waals surface area contributed by atoms with Gasteiger partial charge in [-0.3, -0.25) is 19.8 Å². The second kappa shape index (κ2) is 6.10. The number of hydrogen-bond donors (Lipinski definition) is 3. The highest BCUT2D eigenvalue weighted by Crippen LogP contribution is 2.16. The van der Waals surface area contributed by atoms with Crippen molar-refractivity contribution in [1.82, 2.24) is 15.2 Å². The summed E-state index contributed by atoms with van der Waals surface area (Å²) in [5.74, 6) is 1.31.